The molecule has 0 bridgehead atoms. The lowest BCUT2D eigenvalue weighted by atomic mass is 10.4. The summed E-state index contributed by atoms with van der Waals surface area (Å²) in [4.78, 5) is 11.6. The molecule has 1 atom stereocenters. The Labute approximate surface area is 123 Å². The quantitative estimate of drug-likeness (QED) is 0.644. The van der Waals surface area contributed by atoms with Crippen LogP contribution in [0.1, 0.15) is 13.8 Å². The zero-order valence-electron chi connectivity index (χ0n) is 11.2. The van der Waals surface area contributed by atoms with E-state index in [1.165, 1.54) is 31.2 Å². The van der Waals surface area contributed by atoms with Crippen molar-refractivity contribution in [3.63, 3.8) is 0 Å². The van der Waals surface area contributed by atoms with Crippen molar-refractivity contribution in [3.05, 3.63) is 41.4 Å². The molecule has 0 aliphatic rings. The second-order valence-corrected chi connectivity index (χ2v) is 6.15. The molecule has 1 rings (SSSR count). The number of ether oxygens (including phenoxy) is 1. The van der Waals surface area contributed by atoms with E-state index in [4.69, 9.17) is 16.3 Å². The van der Waals surface area contributed by atoms with E-state index in [-0.39, 0.29) is 11.5 Å². The fourth-order valence-electron chi connectivity index (χ4n) is 1.31. The minimum atomic E-state index is -3.78. The first-order chi connectivity index (χ1) is 9.36. The predicted molar refractivity (Wildman–Crippen MR) is 77.0 cm³/mol. The van der Waals surface area contributed by atoms with Gasteiger partial charge in [0.25, 0.3) is 0 Å². The van der Waals surface area contributed by atoms with E-state index in [0.717, 1.165) is 0 Å². The molecule has 110 valence electrons. The van der Waals surface area contributed by atoms with Crippen molar-refractivity contribution in [1.29, 1.82) is 0 Å². The number of benzene rings is 1. The van der Waals surface area contributed by atoms with Crippen LogP contribution in [0.15, 0.2) is 41.3 Å². The molecule has 0 aliphatic carbocycles. The van der Waals surface area contributed by atoms with Crippen LogP contribution in [0.25, 0.3) is 0 Å². The first kappa shape index (κ1) is 16.7. The summed E-state index contributed by atoms with van der Waals surface area (Å²) < 4.78 is 31.1. The van der Waals surface area contributed by atoms with Gasteiger partial charge in [-0.05, 0) is 38.1 Å². The average molecular weight is 318 g/mol. The van der Waals surface area contributed by atoms with Crippen LogP contribution < -0.4 is 4.72 Å². The molecule has 0 heterocycles. The summed E-state index contributed by atoms with van der Waals surface area (Å²) >= 11 is 5.69. The molecule has 0 aromatic heterocycles. The lowest BCUT2D eigenvalue weighted by Gasteiger charge is -2.13. The summed E-state index contributed by atoms with van der Waals surface area (Å²) in [7, 11) is -3.78. The van der Waals surface area contributed by atoms with Crippen molar-refractivity contribution in [3.8, 4) is 0 Å². The topological polar surface area (TPSA) is 72.5 Å². The first-order valence-electron chi connectivity index (χ1n) is 5.92. The Morgan fingerprint density at radius 1 is 1.40 bits per heavy atom. The van der Waals surface area contributed by atoms with E-state index in [1.807, 2.05) is 0 Å². The van der Waals surface area contributed by atoms with Gasteiger partial charge in [-0.1, -0.05) is 23.8 Å². The van der Waals surface area contributed by atoms with Crippen LogP contribution >= 0.6 is 11.6 Å². The van der Waals surface area contributed by atoms with Gasteiger partial charge in [-0.15, -0.1) is 0 Å². The largest absolute Gasteiger partial charge is 0.460 e. The fraction of sp³-hybridized carbons (Fsp3) is 0.308. The summed E-state index contributed by atoms with van der Waals surface area (Å²) in [6, 6.07) is 4.68. The molecule has 0 amide bonds. The number of hydrogen-bond donors (Lipinski definition) is 1. The van der Waals surface area contributed by atoms with Crippen LogP contribution in [-0.4, -0.2) is 27.0 Å². The Hall–Kier alpha value is -1.37. The van der Waals surface area contributed by atoms with Gasteiger partial charge in [-0.3, -0.25) is 4.79 Å². The molecule has 7 heteroatoms. The van der Waals surface area contributed by atoms with E-state index >= 15 is 0 Å². The number of sulfonamides is 1. The predicted octanol–water partition coefficient (Wildman–Crippen LogP) is 2.13. The van der Waals surface area contributed by atoms with Crippen LogP contribution in [0.3, 0.4) is 0 Å². The molecule has 1 aromatic carbocycles. The van der Waals surface area contributed by atoms with E-state index in [0.29, 0.717) is 5.02 Å². The van der Waals surface area contributed by atoms with Gasteiger partial charge in [0.1, 0.15) is 12.6 Å². The number of nitrogens with one attached hydrogen (secondary N) is 1. The zero-order valence-corrected chi connectivity index (χ0v) is 12.7. The van der Waals surface area contributed by atoms with Crippen molar-refractivity contribution in [1.82, 2.24) is 4.72 Å². The number of carbonyl (C=O) groups excluding carboxylic acids is 1. The Morgan fingerprint density at radius 3 is 2.55 bits per heavy atom. The van der Waals surface area contributed by atoms with Crippen molar-refractivity contribution in [2.75, 3.05) is 6.61 Å². The third-order valence-electron chi connectivity index (χ3n) is 2.37. The standard InChI is InChI=1S/C13H16ClNO4S/c1-3-4-9-19-13(16)10(2)15-20(17,18)12-7-5-11(14)6-8-12/h3-8,10,15H,9H2,1-2H3/b4-3+/t10-/m0/s1. The maximum absolute atomic E-state index is 12.0. The minimum absolute atomic E-state index is 0.0370. The molecule has 0 unspecified atom stereocenters. The van der Waals surface area contributed by atoms with Gasteiger partial charge >= 0.3 is 5.97 Å². The highest BCUT2D eigenvalue weighted by Gasteiger charge is 2.22. The van der Waals surface area contributed by atoms with Gasteiger partial charge in [0.05, 0.1) is 4.90 Å². The number of carbonyl (C=O) groups is 1. The van der Waals surface area contributed by atoms with E-state index in [9.17, 15) is 13.2 Å². The Balaban J connectivity index is 2.70. The average Bonchev–Trinajstić information content (AvgIpc) is 2.38. The zero-order chi connectivity index (χ0) is 15.2. The van der Waals surface area contributed by atoms with Crippen LogP contribution in [0.5, 0.6) is 0 Å². The Morgan fingerprint density at radius 2 is 2.00 bits per heavy atom. The number of rotatable bonds is 6. The molecule has 1 aromatic rings. The van der Waals surface area contributed by atoms with Crippen molar-refractivity contribution < 1.29 is 17.9 Å². The van der Waals surface area contributed by atoms with Crippen molar-refractivity contribution in [2.24, 2.45) is 0 Å². The highest BCUT2D eigenvalue weighted by atomic mass is 35.5. The molecule has 0 fully saturated rings. The lowest BCUT2D eigenvalue weighted by molar-refractivity contribution is -0.143. The van der Waals surface area contributed by atoms with Gasteiger partial charge in [0, 0.05) is 5.02 Å². The van der Waals surface area contributed by atoms with Gasteiger partial charge in [-0.25, -0.2) is 8.42 Å². The van der Waals surface area contributed by atoms with Crippen LogP contribution in [-0.2, 0) is 19.6 Å². The summed E-state index contributed by atoms with van der Waals surface area (Å²) in [5.41, 5.74) is 0. The normalized spacial score (nSPS) is 13.3. The van der Waals surface area contributed by atoms with Crippen molar-refractivity contribution in [2.45, 2.75) is 24.8 Å². The summed E-state index contributed by atoms with van der Waals surface area (Å²) in [6.07, 6.45) is 3.38. The molecule has 0 radical (unpaired) electrons. The van der Waals surface area contributed by atoms with Gasteiger partial charge in [-0.2, -0.15) is 4.72 Å². The molecular formula is C13H16ClNO4S. The smallest absolute Gasteiger partial charge is 0.324 e. The summed E-state index contributed by atoms with van der Waals surface area (Å²) in [5.74, 6) is -0.638. The fourth-order valence-corrected chi connectivity index (χ4v) is 2.63. The Kier molecular flexibility index (Phi) is 6.19. The molecule has 0 spiro atoms. The van der Waals surface area contributed by atoms with Crippen LogP contribution in [0.2, 0.25) is 5.02 Å². The number of allylic oxidation sites excluding steroid dienone is 1. The molecule has 1 N–H and O–H groups in total. The lowest BCUT2D eigenvalue weighted by Crippen LogP contribution is -2.39. The third-order valence-corrected chi connectivity index (χ3v) is 4.18. The highest BCUT2D eigenvalue weighted by Crippen LogP contribution is 2.14. The Bertz CT molecular complexity index is 581. The van der Waals surface area contributed by atoms with Gasteiger partial charge in [0.2, 0.25) is 10.0 Å². The van der Waals surface area contributed by atoms with Crippen molar-refractivity contribution >= 4 is 27.6 Å². The maximum atomic E-state index is 12.0. The molecular weight excluding hydrogens is 302 g/mol. The SMILES string of the molecule is C/C=C/COC(=O)[C@H](C)NS(=O)(=O)c1ccc(Cl)cc1. The number of hydrogen-bond acceptors (Lipinski definition) is 4. The van der Waals surface area contributed by atoms with Gasteiger partial charge < -0.3 is 4.74 Å². The first-order valence-corrected chi connectivity index (χ1v) is 7.78. The monoisotopic (exact) mass is 317 g/mol. The van der Waals surface area contributed by atoms with Gasteiger partial charge in [0.15, 0.2) is 0 Å². The second kappa shape index (κ2) is 7.42. The highest BCUT2D eigenvalue weighted by molar-refractivity contribution is 7.89. The number of halogens is 1. The third kappa shape index (κ3) is 4.96. The molecule has 5 nitrogen and oxygen atoms in total. The summed E-state index contributed by atoms with van der Waals surface area (Å²) in [5, 5.41) is 0.433. The van der Waals surface area contributed by atoms with Crippen LogP contribution in [0.4, 0.5) is 0 Å². The molecule has 0 saturated heterocycles. The number of esters is 1. The van der Waals surface area contributed by atoms with E-state index in [1.54, 1.807) is 19.1 Å². The van der Waals surface area contributed by atoms with E-state index in [2.05, 4.69) is 4.72 Å². The molecule has 20 heavy (non-hydrogen) atoms. The molecule has 0 aliphatic heterocycles. The van der Waals surface area contributed by atoms with Crippen LogP contribution in [0, 0.1) is 0 Å². The molecule has 0 saturated carbocycles. The maximum Gasteiger partial charge on any atom is 0.324 e. The second-order valence-electron chi connectivity index (χ2n) is 4.00. The minimum Gasteiger partial charge on any atom is -0.460 e. The summed E-state index contributed by atoms with van der Waals surface area (Å²) in [6.45, 7) is 3.33. The van der Waals surface area contributed by atoms with E-state index < -0.39 is 22.0 Å².